The van der Waals surface area contributed by atoms with Gasteiger partial charge in [-0.2, -0.15) is 0 Å². The largest absolute Gasteiger partial charge is 0.480 e. The van der Waals surface area contributed by atoms with E-state index in [0.717, 1.165) is 25.7 Å². The van der Waals surface area contributed by atoms with Gasteiger partial charge in [0.1, 0.15) is 6.04 Å². The first kappa shape index (κ1) is 15.3. The molecule has 0 bridgehead atoms. The van der Waals surface area contributed by atoms with Crippen LogP contribution in [0.5, 0.6) is 0 Å². The summed E-state index contributed by atoms with van der Waals surface area (Å²) in [5.74, 6) is -2.04. The highest BCUT2D eigenvalue weighted by Gasteiger charge is 2.35. The van der Waals surface area contributed by atoms with Gasteiger partial charge in [-0.15, -0.1) is 0 Å². The molecule has 1 atom stereocenters. The molecule has 0 aromatic carbocycles. The monoisotopic (exact) mass is 271 g/mol. The second-order valence-corrected chi connectivity index (χ2v) is 5.10. The third-order valence-electron chi connectivity index (χ3n) is 3.80. The molecule has 1 aliphatic rings. The number of carboxylic acid groups (broad SMARTS) is 1. The summed E-state index contributed by atoms with van der Waals surface area (Å²) in [4.78, 5) is 33.2. The Morgan fingerprint density at radius 3 is 2.37 bits per heavy atom. The molecule has 0 aromatic heterocycles. The van der Waals surface area contributed by atoms with E-state index in [2.05, 4.69) is 17.6 Å². The van der Waals surface area contributed by atoms with Crippen LogP contribution in [0.4, 0.5) is 4.79 Å². The number of nitrogens with two attached hydrogens (primary N) is 1. The Labute approximate surface area is 111 Å². The Morgan fingerprint density at radius 1 is 1.37 bits per heavy atom. The van der Waals surface area contributed by atoms with Crippen molar-refractivity contribution in [2.24, 2.45) is 11.1 Å². The maximum Gasteiger partial charge on any atom is 0.326 e. The minimum Gasteiger partial charge on any atom is -0.480 e. The van der Waals surface area contributed by atoms with Crippen molar-refractivity contribution in [3.63, 3.8) is 0 Å². The third kappa shape index (κ3) is 4.42. The predicted octanol–water partition coefficient (Wildman–Crippen LogP) is 0.195. The van der Waals surface area contributed by atoms with Crippen LogP contribution >= 0.6 is 0 Å². The molecule has 1 saturated carbocycles. The summed E-state index contributed by atoms with van der Waals surface area (Å²) in [5.41, 5.74) is 5.08. The van der Waals surface area contributed by atoms with E-state index in [1.165, 1.54) is 0 Å². The van der Waals surface area contributed by atoms with Crippen LogP contribution in [0, 0.1) is 5.41 Å². The van der Waals surface area contributed by atoms with Crippen LogP contribution in [0.1, 0.15) is 39.0 Å². The maximum atomic E-state index is 11.6. The predicted molar refractivity (Wildman–Crippen MR) is 68.3 cm³/mol. The Hall–Kier alpha value is -1.79. The number of hydrogen-bond donors (Lipinski definition) is 4. The molecular formula is C12H21N3O4. The van der Waals surface area contributed by atoms with Crippen LogP contribution in [-0.2, 0) is 9.59 Å². The molecule has 108 valence electrons. The van der Waals surface area contributed by atoms with Crippen LogP contribution in [0.2, 0.25) is 0 Å². The molecule has 0 unspecified atom stereocenters. The van der Waals surface area contributed by atoms with E-state index < -0.39 is 30.4 Å². The molecule has 0 aliphatic heterocycles. The molecule has 19 heavy (non-hydrogen) atoms. The van der Waals surface area contributed by atoms with Gasteiger partial charge in [0.15, 0.2) is 0 Å². The smallest absolute Gasteiger partial charge is 0.326 e. The topological polar surface area (TPSA) is 122 Å². The van der Waals surface area contributed by atoms with Crippen molar-refractivity contribution in [1.82, 2.24) is 10.6 Å². The van der Waals surface area contributed by atoms with Crippen LogP contribution in [0.3, 0.4) is 0 Å². The zero-order valence-electron chi connectivity index (χ0n) is 11.1. The molecule has 0 spiro atoms. The fraction of sp³-hybridized carbons (Fsp3) is 0.750. The van der Waals surface area contributed by atoms with E-state index >= 15 is 0 Å². The Morgan fingerprint density at radius 2 is 2.00 bits per heavy atom. The standard InChI is InChI=1S/C12H21N3O4/c1-2-12(4-3-5-12)7-14-11(19)15-8(10(17)18)6-9(13)16/h8H,2-7H2,1H3,(H2,13,16)(H,17,18)(H2,14,15,19)/t8-/m0/s1. The minimum atomic E-state index is -1.28. The zero-order chi connectivity index (χ0) is 14.5. The lowest BCUT2D eigenvalue weighted by Crippen LogP contribution is -2.50. The SMILES string of the molecule is CCC1(CNC(=O)N[C@@H](CC(N)=O)C(=O)O)CCC1. The summed E-state index contributed by atoms with van der Waals surface area (Å²) in [7, 11) is 0. The first-order valence-corrected chi connectivity index (χ1v) is 6.44. The van der Waals surface area contributed by atoms with E-state index in [9.17, 15) is 14.4 Å². The van der Waals surface area contributed by atoms with E-state index in [4.69, 9.17) is 10.8 Å². The molecule has 7 heteroatoms. The molecule has 0 radical (unpaired) electrons. The molecule has 1 rings (SSSR count). The Bertz CT molecular complexity index is 360. The van der Waals surface area contributed by atoms with Gasteiger partial charge in [-0.3, -0.25) is 4.79 Å². The molecule has 1 aliphatic carbocycles. The van der Waals surface area contributed by atoms with E-state index in [1.54, 1.807) is 0 Å². The first-order valence-electron chi connectivity index (χ1n) is 6.44. The third-order valence-corrected chi connectivity index (χ3v) is 3.80. The van der Waals surface area contributed by atoms with Crippen LogP contribution < -0.4 is 16.4 Å². The average Bonchev–Trinajstić information content (AvgIpc) is 2.26. The van der Waals surface area contributed by atoms with Crippen LogP contribution in [-0.4, -0.2) is 35.6 Å². The minimum absolute atomic E-state index is 0.153. The molecule has 3 amide bonds. The number of carbonyl (C=O) groups excluding carboxylic acids is 2. The highest BCUT2D eigenvalue weighted by molar-refractivity contribution is 5.87. The van der Waals surface area contributed by atoms with Gasteiger partial charge in [-0.05, 0) is 24.7 Å². The lowest BCUT2D eigenvalue weighted by Gasteiger charge is -2.41. The first-order chi connectivity index (χ1) is 8.88. The normalized spacial score (nSPS) is 17.9. The number of amides is 3. The highest BCUT2D eigenvalue weighted by atomic mass is 16.4. The van der Waals surface area contributed by atoms with Gasteiger partial charge in [0.05, 0.1) is 6.42 Å². The van der Waals surface area contributed by atoms with E-state index in [1.807, 2.05) is 0 Å². The summed E-state index contributed by atoms with van der Waals surface area (Å²) in [5, 5.41) is 13.8. The molecule has 1 fully saturated rings. The molecule has 0 heterocycles. The molecule has 0 aromatic rings. The summed E-state index contributed by atoms with van der Waals surface area (Å²) < 4.78 is 0. The maximum absolute atomic E-state index is 11.6. The number of primary amides is 1. The van der Waals surface area contributed by atoms with Gasteiger partial charge in [-0.25, -0.2) is 9.59 Å². The number of nitrogens with one attached hydrogen (secondary N) is 2. The number of hydrogen-bond acceptors (Lipinski definition) is 3. The van der Waals surface area contributed by atoms with Crippen molar-refractivity contribution in [3.8, 4) is 0 Å². The number of carboxylic acids is 1. The van der Waals surface area contributed by atoms with Gasteiger partial charge >= 0.3 is 12.0 Å². The summed E-state index contributed by atoms with van der Waals surface area (Å²) in [6, 6.07) is -1.86. The van der Waals surface area contributed by atoms with Crippen LogP contribution in [0.25, 0.3) is 0 Å². The van der Waals surface area contributed by atoms with Crippen LogP contribution in [0.15, 0.2) is 0 Å². The fourth-order valence-corrected chi connectivity index (χ4v) is 2.21. The molecule has 0 saturated heterocycles. The van der Waals surface area contributed by atoms with Gasteiger partial charge in [0, 0.05) is 6.54 Å². The quantitative estimate of drug-likeness (QED) is 0.528. The zero-order valence-corrected chi connectivity index (χ0v) is 11.1. The van der Waals surface area contributed by atoms with E-state index in [0.29, 0.717) is 6.54 Å². The van der Waals surface area contributed by atoms with Gasteiger partial charge in [0.2, 0.25) is 5.91 Å². The molecular weight excluding hydrogens is 250 g/mol. The van der Waals surface area contributed by atoms with Crippen molar-refractivity contribution in [1.29, 1.82) is 0 Å². The Kier molecular flexibility index (Phi) is 5.14. The van der Waals surface area contributed by atoms with E-state index in [-0.39, 0.29) is 5.41 Å². The molecule has 5 N–H and O–H groups in total. The number of carbonyl (C=O) groups is 3. The van der Waals surface area contributed by atoms with Crippen molar-refractivity contribution >= 4 is 17.9 Å². The lowest BCUT2D eigenvalue weighted by molar-refractivity contribution is -0.140. The summed E-state index contributed by atoms with van der Waals surface area (Å²) in [6.45, 7) is 2.60. The second-order valence-electron chi connectivity index (χ2n) is 5.10. The number of rotatable bonds is 7. The van der Waals surface area contributed by atoms with Gasteiger partial charge < -0.3 is 21.5 Å². The highest BCUT2D eigenvalue weighted by Crippen LogP contribution is 2.42. The van der Waals surface area contributed by atoms with Gasteiger partial charge in [-0.1, -0.05) is 13.3 Å². The lowest BCUT2D eigenvalue weighted by atomic mass is 9.67. The number of aliphatic carboxylic acids is 1. The van der Waals surface area contributed by atoms with Crippen molar-refractivity contribution in [2.75, 3.05) is 6.54 Å². The second kappa shape index (κ2) is 6.40. The average molecular weight is 271 g/mol. The van der Waals surface area contributed by atoms with Crippen molar-refractivity contribution in [2.45, 2.75) is 45.1 Å². The fourth-order valence-electron chi connectivity index (χ4n) is 2.21. The van der Waals surface area contributed by atoms with Crippen molar-refractivity contribution < 1.29 is 19.5 Å². The summed E-state index contributed by atoms with van der Waals surface area (Å²) in [6.07, 6.45) is 3.88. The van der Waals surface area contributed by atoms with Crippen molar-refractivity contribution in [3.05, 3.63) is 0 Å². The number of urea groups is 1. The summed E-state index contributed by atoms with van der Waals surface area (Å²) >= 11 is 0. The molecule has 7 nitrogen and oxygen atoms in total. The van der Waals surface area contributed by atoms with Gasteiger partial charge in [0.25, 0.3) is 0 Å². The Balaban J connectivity index is 2.40.